The molecule has 0 N–H and O–H groups in total. The van der Waals surface area contributed by atoms with Crippen LogP contribution in [0.4, 0.5) is 0 Å². The van der Waals surface area contributed by atoms with Gasteiger partial charge in [-0.2, -0.15) is 5.16 Å². The number of hydrogen-bond donors (Lipinski definition) is 0. The van der Waals surface area contributed by atoms with Gasteiger partial charge in [0.15, 0.2) is 0 Å². The Labute approximate surface area is 120 Å². The third kappa shape index (κ3) is 3.71. The van der Waals surface area contributed by atoms with E-state index in [0.717, 1.165) is 0 Å². The van der Waals surface area contributed by atoms with Crippen molar-refractivity contribution in [2.24, 2.45) is 0 Å². The van der Waals surface area contributed by atoms with Gasteiger partial charge < -0.3 is 9.89 Å². The van der Waals surface area contributed by atoms with E-state index in [9.17, 15) is 0 Å². The van der Waals surface area contributed by atoms with E-state index < -0.39 is 0 Å². The van der Waals surface area contributed by atoms with Gasteiger partial charge in [0.05, 0.1) is 19.6 Å². The minimum atomic E-state index is 1.24. The van der Waals surface area contributed by atoms with Gasteiger partial charge in [-0.1, -0.05) is 42.0 Å². The number of piperazine rings is 3. The Morgan fingerprint density at radius 2 is 1.63 bits per heavy atom. The smallest absolute Gasteiger partial charge is 0.104 e. The first-order chi connectivity index (χ1) is 9.17. The number of rotatable bonds is 2. The second-order valence-corrected chi connectivity index (χ2v) is 5.77. The maximum atomic E-state index is 7.13. The number of fused-ring (bicyclic) bond motifs is 3. The number of thiocarbonyl (C=S) groups is 1. The second-order valence-electron chi connectivity index (χ2n) is 5.59. The number of benzene rings is 1. The highest BCUT2D eigenvalue weighted by Crippen LogP contribution is 2.23. The minimum Gasteiger partial charge on any atom is -0.753 e. The summed E-state index contributed by atoms with van der Waals surface area (Å²) < 4.78 is 1.33. The predicted octanol–water partition coefficient (Wildman–Crippen LogP) is 2.30. The van der Waals surface area contributed by atoms with Gasteiger partial charge in [-0.05, 0) is 6.92 Å². The van der Waals surface area contributed by atoms with Crippen LogP contribution in [-0.2, 0) is 6.54 Å². The van der Waals surface area contributed by atoms with E-state index in [1.165, 1.54) is 66.6 Å². The molecule has 0 unspecified atom stereocenters. The molecule has 4 heteroatoms. The molecule has 0 atom stereocenters. The summed E-state index contributed by atoms with van der Waals surface area (Å²) in [6, 6.07) is 9.11. The molecule has 0 saturated carbocycles. The number of nitrogens with zero attached hydrogens (tertiary/aromatic N) is 3. The van der Waals surface area contributed by atoms with E-state index >= 15 is 0 Å². The topological polar surface area (TPSA) is 25.5 Å². The Hall–Kier alpha value is -1.06. The lowest BCUT2D eigenvalue weighted by atomic mass is 10.1. The second kappa shape index (κ2) is 6.40. The standard InChI is InChI=1S/C14H21N2.CNS/c1-13-2-4-14(5-3-13)12-16-9-6-15(7-10-16)8-11-16;2-1-3/h2-5H,6-12H2,1H3;/q+1;-1. The summed E-state index contributed by atoms with van der Waals surface area (Å²) in [7, 11) is 0. The first-order valence-corrected chi connectivity index (χ1v) is 7.22. The van der Waals surface area contributed by atoms with Crippen LogP contribution in [0.5, 0.6) is 0 Å². The van der Waals surface area contributed by atoms with Crippen molar-refractivity contribution in [2.45, 2.75) is 13.5 Å². The SMILES string of the molecule is Cc1ccc(C[N+]23CCN(CC2)CC3)cc1.[N-]=C=S. The molecule has 3 aliphatic heterocycles. The first kappa shape index (κ1) is 14.4. The third-order valence-electron chi connectivity index (χ3n) is 4.31. The summed E-state index contributed by atoms with van der Waals surface area (Å²) in [4.78, 5) is 2.61. The van der Waals surface area contributed by atoms with Crippen LogP contribution >= 0.6 is 12.2 Å². The Bertz CT molecular complexity index is 427. The van der Waals surface area contributed by atoms with Crippen molar-refractivity contribution in [1.29, 1.82) is 0 Å². The van der Waals surface area contributed by atoms with Gasteiger partial charge in [0.25, 0.3) is 0 Å². The van der Waals surface area contributed by atoms with Crippen molar-refractivity contribution < 1.29 is 4.48 Å². The van der Waals surface area contributed by atoms with Crippen LogP contribution in [0, 0.1) is 6.92 Å². The quantitative estimate of drug-likeness (QED) is 0.470. The van der Waals surface area contributed by atoms with Crippen LogP contribution < -0.4 is 0 Å². The average Bonchev–Trinajstić information content (AvgIpc) is 2.44. The Balaban J connectivity index is 0.000000408. The number of quaternary nitrogens is 1. The lowest BCUT2D eigenvalue weighted by molar-refractivity contribution is -0.953. The predicted molar refractivity (Wildman–Crippen MR) is 82.1 cm³/mol. The van der Waals surface area contributed by atoms with Crippen LogP contribution in [0.1, 0.15) is 11.1 Å². The molecule has 4 rings (SSSR count). The van der Waals surface area contributed by atoms with Gasteiger partial charge in [0.1, 0.15) is 6.54 Å². The van der Waals surface area contributed by atoms with Crippen molar-refractivity contribution in [1.82, 2.24) is 4.90 Å². The van der Waals surface area contributed by atoms with Gasteiger partial charge in [0, 0.05) is 25.2 Å². The molecule has 0 radical (unpaired) electrons. The molecule has 0 spiro atoms. The number of aryl methyl sites for hydroxylation is 1. The largest absolute Gasteiger partial charge is 0.753 e. The van der Waals surface area contributed by atoms with Gasteiger partial charge in [-0.3, -0.25) is 4.90 Å². The van der Waals surface area contributed by atoms with Gasteiger partial charge in [-0.15, -0.1) is 0 Å². The fourth-order valence-electron chi connectivity index (χ4n) is 3.05. The van der Waals surface area contributed by atoms with E-state index in [2.05, 4.69) is 48.3 Å². The average molecular weight is 275 g/mol. The number of isothiocyanates is 1. The molecule has 0 aliphatic carbocycles. The van der Waals surface area contributed by atoms with Crippen molar-refractivity contribution in [3.8, 4) is 0 Å². The maximum absolute atomic E-state index is 7.13. The fourth-order valence-corrected chi connectivity index (χ4v) is 3.05. The fraction of sp³-hybridized carbons (Fsp3) is 0.533. The Kier molecular flexibility index (Phi) is 4.83. The molecule has 3 fully saturated rings. The molecule has 0 amide bonds. The van der Waals surface area contributed by atoms with Crippen molar-refractivity contribution in [3.05, 3.63) is 40.8 Å². The molecular weight excluding hydrogens is 254 g/mol. The summed E-state index contributed by atoms with van der Waals surface area (Å²) in [5, 5.41) is 8.47. The Morgan fingerprint density at radius 3 is 2.11 bits per heavy atom. The summed E-state index contributed by atoms with van der Waals surface area (Å²) in [6.45, 7) is 11.4. The lowest BCUT2D eigenvalue weighted by Crippen LogP contribution is -2.66. The highest BCUT2D eigenvalue weighted by molar-refractivity contribution is 7.78. The van der Waals surface area contributed by atoms with E-state index in [-0.39, 0.29) is 0 Å². The van der Waals surface area contributed by atoms with Crippen LogP contribution in [0.25, 0.3) is 5.41 Å². The molecule has 3 aliphatic rings. The van der Waals surface area contributed by atoms with Crippen LogP contribution in [-0.4, -0.2) is 53.8 Å². The first-order valence-electron chi connectivity index (χ1n) is 6.82. The third-order valence-corrected chi connectivity index (χ3v) is 4.31. The van der Waals surface area contributed by atoms with Crippen LogP contribution in [0.3, 0.4) is 0 Å². The van der Waals surface area contributed by atoms with Gasteiger partial charge in [0.2, 0.25) is 0 Å². The molecule has 3 nitrogen and oxygen atoms in total. The molecule has 2 bridgehead atoms. The number of hydrogen-bond acceptors (Lipinski definition) is 2. The van der Waals surface area contributed by atoms with Crippen molar-refractivity contribution in [3.63, 3.8) is 0 Å². The monoisotopic (exact) mass is 275 g/mol. The summed E-state index contributed by atoms with van der Waals surface area (Å²) in [5.41, 5.74) is 2.88. The molecule has 19 heavy (non-hydrogen) atoms. The normalized spacial score (nSPS) is 28.2. The Morgan fingerprint density at radius 1 is 1.16 bits per heavy atom. The molecule has 1 aromatic rings. The minimum absolute atomic E-state index is 1.24. The van der Waals surface area contributed by atoms with E-state index in [0.29, 0.717) is 0 Å². The maximum Gasteiger partial charge on any atom is 0.104 e. The molecule has 3 saturated heterocycles. The zero-order valence-electron chi connectivity index (χ0n) is 11.5. The zero-order chi connectivity index (χ0) is 13.7. The highest BCUT2D eigenvalue weighted by Gasteiger charge is 2.38. The summed E-state index contributed by atoms with van der Waals surface area (Å²) in [6.07, 6.45) is 0. The van der Waals surface area contributed by atoms with Crippen LogP contribution in [0.2, 0.25) is 0 Å². The van der Waals surface area contributed by atoms with Crippen molar-refractivity contribution in [2.75, 3.05) is 39.3 Å². The molecular formula is C15H21N3S. The van der Waals surface area contributed by atoms with E-state index in [4.69, 9.17) is 5.41 Å². The molecule has 1 aromatic carbocycles. The van der Waals surface area contributed by atoms with Crippen LogP contribution in [0.15, 0.2) is 24.3 Å². The lowest BCUT2D eigenvalue weighted by Gasteiger charge is -2.50. The summed E-state index contributed by atoms with van der Waals surface area (Å²) >= 11 is 3.70. The highest BCUT2D eigenvalue weighted by atomic mass is 32.1. The van der Waals surface area contributed by atoms with Crippen molar-refractivity contribution >= 4 is 17.4 Å². The summed E-state index contributed by atoms with van der Waals surface area (Å²) in [5.74, 6) is 0. The zero-order valence-corrected chi connectivity index (χ0v) is 12.3. The van der Waals surface area contributed by atoms with E-state index in [1.54, 1.807) is 0 Å². The van der Waals surface area contributed by atoms with E-state index in [1.807, 2.05) is 0 Å². The van der Waals surface area contributed by atoms with Gasteiger partial charge in [-0.25, -0.2) is 0 Å². The molecule has 0 aromatic heterocycles. The molecule has 3 heterocycles. The van der Waals surface area contributed by atoms with Gasteiger partial charge >= 0.3 is 0 Å². The molecule has 102 valence electrons.